The number of rotatable bonds is 9. The minimum absolute atomic E-state index is 0.317. The zero-order chi connectivity index (χ0) is 24.6. The number of amides is 1. The number of nitrogens with zero attached hydrogens (tertiary/aromatic N) is 1. The van der Waals surface area contributed by atoms with Crippen molar-refractivity contribution in [1.29, 1.82) is 0 Å². The quantitative estimate of drug-likeness (QED) is 0.230. The first-order valence-corrected chi connectivity index (χ1v) is 11.4. The van der Waals surface area contributed by atoms with Crippen LogP contribution in [0, 0.1) is 0 Å². The van der Waals surface area contributed by atoms with E-state index in [1.807, 2.05) is 37.3 Å². The molecule has 0 aliphatic rings. The van der Waals surface area contributed by atoms with E-state index in [0.717, 1.165) is 24.2 Å². The molecule has 35 heavy (non-hydrogen) atoms. The minimum Gasteiger partial charge on any atom is -0.497 e. The zero-order valence-corrected chi connectivity index (χ0v) is 19.6. The van der Waals surface area contributed by atoms with Crippen molar-refractivity contribution in [3.8, 4) is 28.5 Å². The number of hydrogen-bond acceptors (Lipinski definition) is 6. The smallest absolute Gasteiger partial charge is 0.338 e. The zero-order valence-electron chi connectivity index (χ0n) is 19.6. The molecule has 4 aromatic rings. The molecule has 0 atom stereocenters. The number of benzene rings is 3. The fourth-order valence-electron chi connectivity index (χ4n) is 3.44. The van der Waals surface area contributed by atoms with Crippen molar-refractivity contribution < 1.29 is 23.5 Å². The Hall–Kier alpha value is -4.39. The predicted molar refractivity (Wildman–Crippen MR) is 134 cm³/mol. The van der Waals surface area contributed by atoms with E-state index in [2.05, 4.69) is 10.3 Å². The predicted octanol–water partition coefficient (Wildman–Crippen LogP) is 6.23. The van der Waals surface area contributed by atoms with Crippen molar-refractivity contribution in [2.45, 2.75) is 19.8 Å². The molecule has 0 spiro atoms. The Bertz CT molecular complexity index is 1290. The van der Waals surface area contributed by atoms with Crippen LogP contribution in [-0.4, -0.2) is 30.6 Å². The Morgan fingerprint density at radius 1 is 0.971 bits per heavy atom. The van der Waals surface area contributed by atoms with E-state index < -0.39 is 0 Å². The summed E-state index contributed by atoms with van der Waals surface area (Å²) in [5.74, 6) is 0.976. The molecule has 178 valence electrons. The van der Waals surface area contributed by atoms with Gasteiger partial charge in [0.1, 0.15) is 5.75 Å². The van der Waals surface area contributed by atoms with Gasteiger partial charge in [0.15, 0.2) is 5.76 Å². The first kappa shape index (κ1) is 23.8. The maximum atomic E-state index is 13.1. The Balaban J connectivity index is 1.49. The summed E-state index contributed by atoms with van der Waals surface area (Å²) in [6.45, 7) is 2.43. The van der Waals surface area contributed by atoms with Crippen LogP contribution in [0.25, 0.3) is 22.8 Å². The van der Waals surface area contributed by atoms with Gasteiger partial charge in [-0.1, -0.05) is 25.5 Å². The molecule has 0 radical (unpaired) electrons. The van der Waals surface area contributed by atoms with Crippen LogP contribution in [0.5, 0.6) is 5.75 Å². The van der Waals surface area contributed by atoms with E-state index in [0.29, 0.717) is 40.6 Å². The molecule has 0 bridgehead atoms. The second kappa shape index (κ2) is 11.2. The summed E-state index contributed by atoms with van der Waals surface area (Å²) in [4.78, 5) is 29.5. The van der Waals surface area contributed by atoms with Gasteiger partial charge in [0, 0.05) is 16.8 Å². The number of anilines is 1. The monoisotopic (exact) mass is 470 g/mol. The highest BCUT2D eigenvalue weighted by molar-refractivity contribution is 6.08. The Morgan fingerprint density at radius 3 is 2.43 bits per heavy atom. The van der Waals surface area contributed by atoms with Crippen molar-refractivity contribution in [2.24, 2.45) is 0 Å². The summed E-state index contributed by atoms with van der Waals surface area (Å²) in [6.07, 6.45) is 3.41. The minimum atomic E-state index is -0.377. The standard InChI is InChI=1S/C28H26N2O5/c1-3-4-17-34-28(32)20-9-13-21(14-10-20)30-26(31)23-7-5-6-8-24(23)27-29-18-25(35-27)19-11-15-22(33-2)16-12-19/h5-16,18H,3-4,17H2,1-2H3,(H,30,31). The van der Waals surface area contributed by atoms with E-state index >= 15 is 0 Å². The number of oxazole rings is 1. The fourth-order valence-corrected chi connectivity index (χ4v) is 3.44. The largest absolute Gasteiger partial charge is 0.497 e. The van der Waals surface area contributed by atoms with Crippen LogP contribution >= 0.6 is 0 Å². The highest BCUT2D eigenvalue weighted by Crippen LogP contribution is 2.29. The van der Waals surface area contributed by atoms with Gasteiger partial charge in [0.05, 0.1) is 31.0 Å². The second-order valence-electron chi connectivity index (χ2n) is 7.82. The number of aromatic nitrogens is 1. The molecule has 4 rings (SSSR count). The number of hydrogen-bond donors (Lipinski definition) is 1. The first-order chi connectivity index (χ1) is 17.1. The third-order valence-corrected chi connectivity index (χ3v) is 5.39. The molecule has 1 aromatic heterocycles. The van der Waals surface area contributed by atoms with Crippen LogP contribution in [0.4, 0.5) is 5.69 Å². The lowest BCUT2D eigenvalue weighted by Crippen LogP contribution is -2.13. The highest BCUT2D eigenvalue weighted by atomic mass is 16.5. The Labute approximate surface area is 203 Å². The summed E-state index contributed by atoms with van der Waals surface area (Å²) in [5.41, 5.74) is 2.82. The van der Waals surface area contributed by atoms with Crippen molar-refractivity contribution in [3.63, 3.8) is 0 Å². The molecule has 0 aliphatic carbocycles. The van der Waals surface area contributed by atoms with Gasteiger partial charge in [-0.15, -0.1) is 0 Å². The van der Waals surface area contributed by atoms with E-state index in [-0.39, 0.29) is 11.9 Å². The third kappa shape index (κ3) is 5.76. The van der Waals surface area contributed by atoms with Gasteiger partial charge < -0.3 is 19.2 Å². The van der Waals surface area contributed by atoms with Crippen molar-refractivity contribution >= 4 is 17.6 Å². The topological polar surface area (TPSA) is 90.7 Å². The number of esters is 1. The lowest BCUT2D eigenvalue weighted by Gasteiger charge is -2.09. The number of carbonyl (C=O) groups is 2. The molecule has 1 N–H and O–H groups in total. The van der Waals surface area contributed by atoms with Crippen LogP contribution in [0.15, 0.2) is 83.4 Å². The van der Waals surface area contributed by atoms with Gasteiger partial charge in [0.25, 0.3) is 5.91 Å². The molecule has 1 heterocycles. The van der Waals surface area contributed by atoms with Crippen molar-refractivity contribution in [2.75, 3.05) is 19.0 Å². The summed E-state index contributed by atoms with van der Waals surface area (Å²) in [6, 6.07) is 21.1. The second-order valence-corrected chi connectivity index (χ2v) is 7.82. The number of carbonyl (C=O) groups excluding carboxylic acids is 2. The Kier molecular flexibility index (Phi) is 7.57. The lowest BCUT2D eigenvalue weighted by atomic mass is 10.1. The first-order valence-electron chi connectivity index (χ1n) is 11.4. The fraction of sp³-hybridized carbons (Fsp3) is 0.179. The van der Waals surface area contributed by atoms with Gasteiger partial charge in [-0.3, -0.25) is 4.79 Å². The SMILES string of the molecule is CCCCOC(=O)c1ccc(NC(=O)c2ccccc2-c2ncc(-c3ccc(OC)cc3)o2)cc1. The average Bonchev–Trinajstić information content (AvgIpc) is 3.39. The van der Waals surface area contributed by atoms with Crippen LogP contribution in [0.2, 0.25) is 0 Å². The molecule has 0 aliphatic heterocycles. The average molecular weight is 471 g/mol. The maximum absolute atomic E-state index is 13.1. The van der Waals surface area contributed by atoms with Crippen LogP contribution in [0.1, 0.15) is 40.5 Å². The highest BCUT2D eigenvalue weighted by Gasteiger charge is 2.17. The van der Waals surface area contributed by atoms with Gasteiger partial charge in [-0.2, -0.15) is 0 Å². The molecular formula is C28H26N2O5. The van der Waals surface area contributed by atoms with E-state index in [4.69, 9.17) is 13.9 Å². The van der Waals surface area contributed by atoms with Gasteiger partial charge in [-0.25, -0.2) is 9.78 Å². The molecule has 7 heteroatoms. The van der Waals surface area contributed by atoms with Gasteiger partial charge in [-0.05, 0) is 67.1 Å². The summed E-state index contributed by atoms with van der Waals surface area (Å²) in [5, 5.41) is 2.86. The molecule has 7 nitrogen and oxygen atoms in total. The third-order valence-electron chi connectivity index (χ3n) is 5.39. The summed E-state index contributed by atoms with van der Waals surface area (Å²) >= 11 is 0. The van der Waals surface area contributed by atoms with Crippen molar-refractivity contribution in [1.82, 2.24) is 4.98 Å². The molecule has 1 amide bonds. The molecule has 3 aromatic carbocycles. The summed E-state index contributed by atoms with van der Waals surface area (Å²) in [7, 11) is 1.61. The molecule has 0 saturated carbocycles. The van der Waals surface area contributed by atoms with E-state index in [1.165, 1.54) is 0 Å². The maximum Gasteiger partial charge on any atom is 0.338 e. The lowest BCUT2D eigenvalue weighted by molar-refractivity contribution is 0.0499. The van der Waals surface area contributed by atoms with E-state index in [9.17, 15) is 9.59 Å². The van der Waals surface area contributed by atoms with Crippen LogP contribution in [-0.2, 0) is 4.74 Å². The molecule has 0 unspecified atom stereocenters. The number of methoxy groups -OCH3 is 1. The normalized spacial score (nSPS) is 10.6. The molecule has 0 saturated heterocycles. The van der Waals surface area contributed by atoms with Crippen LogP contribution < -0.4 is 10.1 Å². The van der Waals surface area contributed by atoms with E-state index in [1.54, 1.807) is 55.8 Å². The number of unbranched alkanes of at least 4 members (excludes halogenated alkanes) is 1. The van der Waals surface area contributed by atoms with Gasteiger partial charge >= 0.3 is 5.97 Å². The molecule has 0 fully saturated rings. The molecular weight excluding hydrogens is 444 g/mol. The van der Waals surface area contributed by atoms with Gasteiger partial charge in [0.2, 0.25) is 5.89 Å². The number of nitrogens with one attached hydrogen (secondary N) is 1. The summed E-state index contributed by atoms with van der Waals surface area (Å²) < 4.78 is 16.4. The Morgan fingerprint density at radius 2 is 1.71 bits per heavy atom. The van der Waals surface area contributed by atoms with Crippen molar-refractivity contribution in [3.05, 3.63) is 90.1 Å². The number of ether oxygens (including phenoxy) is 2. The van der Waals surface area contributed by atoms with Crippen LogP contribution in [0.3, 0.4) is 0 Å².